The number of halogens is 1. The summed E-state index contributed by atoms with van der Waals surface area (Å²) in [6, 6.07) is 16.6. The van der Waals surface area contributed by atoms with E-state index >= 15 is 0 Å². The molecular weight excluding hydrogens is 388 g/mol. The topological polar surface area (TPSA) is 68.4 Å². The highest BCUT2D eigenvalue weighted by molar-refractivity contribution is 6.30. The number of nitrogens with zero attached hydrogens (tertiary/aromatic N) is 2. The maximum Gasteiger partial charge on any atom is 0.268 e. The van der Waals surface area contributed by atoms with Gasteiger partial charge in [0.25, 0.3) is 5.91 Å². The summed E-state index contributed by atoms with van der Waals surface area (Å²) in [4.78, 5) is 32.5. The zero-order valence-corrected chi connectivity index (χ0v) is 16.9. The van der Waals surface area contributed by atoms with Crippen LogP contribution >= 0.6 is 11.6 Å². The molecule has 1 saturated heterocycles. The Labute approximate surface area is 174 Å². The van der Waals surface area contributed by atoms with Crippen LogP contribution in [0, 0.1) is 0 Å². The van der Waals surface area contributed by atoms with Crippen LogP contribution in [0.2, 0.25) is 5.02 Å². The molecule has 1 atom stereocenters. The average molecular weight is 411 g/mol. The van der Waals surface area contributed by atoms with Crippen molar-refractivity contribution in [1.29, 1.82) is 0 Å². The Bertz CT molecular complexity index is 1010. The number of aromatic nitrogens is 1. The minimum Gasteiger partial charge on any atom is -0.368 e. The lowest BCUT2D eigenvalue weighted by Gasteiger charge is -2.37. The number of carbonyl (C=O) groups excluding carboxylic acids is 2. The van der Waals surface area contributed by atoms with E-state index in [-0.39, 0.29) is 11.8 Å². The van der Waals surface area contributed by atoms with Gasteiger partial charge < -0.3 is 20.1 Å². The molecule has 150 valence electrons. The van der Waals surface area contributed by atoms with Gasteiger partial charge in [-0.2, -0.15) is 0 Å². The van der Waals surface area contributed by atoms with Gasteiger partial charge in [0.15, 0.2) is 0 Å². The van der Waals surface area contributed by atoms with Crippen molar-refractivity contribution in [2.24, 2.45) is 0 Å². The van der Waals surface area contributed by atoms with E-state index in [1.54, 1.807) is 17.9 Å². The zero-order chi connectivity index (χ0) is 20.4. The molecule has 1 fully saturated rings. The van der Waals surface area contributed by atoms with Gasteiger partial charge in [-0.05, 0) is 37.3 Å². The van der Waals surface area contributed by atoms with Crippen LogP contribution in [0.3, 0.4) is 0 Å². The van der Waals surface area contributed by atoms with E-state index in [1.165, 1.54) is 0 Å². The summed E-state index contributed by atoms with van der Waals surface area (Å²) in [6.07, 6.45) is 0. The normalized spacial score (nSPS) is 15.4. The number of aromatic amines is 1. The standard InChI is InChI=1S/C22H23ClN4O2/c1-15(24-21(28)20-13-16-5-2-3-8-19(16)25-20)22(29)27-11-9-26(10-12-27)18-7-4-6-17(23)14-18/h2-8,13-15,25H,9-12H2,1H3,(H,24,28)/t15-/m0/s1. The van der Waals surface area contributed by atoms with Gasteiger partial charge in [0.2, 0.25) is 5.91 Å². The number of hydrogen-bond donors (Lipinski definition) is 2. The molecule has 0 unspecified atom stereocenters. The second-order valence-electron chi connectivity index (χ2n) is 7.26. The number of hydrogen-bond acceptors (Lipinski definition) is 3. The van der Waals surface area contributed by atoms with Crippen molar-refractivity contribution in [3.05, 3.63) is 65.3 Å². The molecule has 0 aliphatic carbocycles. The Morgan fingerprint density at radius 2 is 1.79 bits per heavy atom. The van der Waals surface area contributed by atoms with Crippen LogP contribution in [0.1, 0.15) is 17.4 Å². The van der Waals surface area contributed by atoms with Crippen LogP contribution in [0.5, 0.6) is 0 Å². The lowest BCUT2D eigenvalue weighted by Crippen LogP contribution is -2.54. The van der Waals surface area contributed by atoms with Gasteiger partial charge in [0.05, 0.1) is 0 Å². The number of nitrogens with one attached hydrogen (secondary N) is 2. The molecule has 0 saturated carbocycles. The number of fused-ring (bicyclic) bond motifs is 1. The number of amides is 2. The lowest BCUT2D eigenvalue weighted by molar-refractivity contribution is -0.133. The SMILES string of the molecule is C[C@H](NC(=O)c1cc2ccccc2[nH]1)C(=O)N1CCN(c2cccc(Cl)c2)CC1. The van der Waals surface area contributed by atoms with Gasteiger partial charge in [-0.25, -0.2) is 0 Å². The maximum atomic E-state index is 12.8. The summed E-state index contributed by atoms with van der Waals surface area (Å²) in [5, 5.41) is 4.48. The van der Waals surface area contributed by atoms with E-state index in [1.807, 2.05) is 48.5 Å². The number of H-pyrrole nitrogens is 1. The predicted molar refractivity (Wildman–Crippen MR) is 115 cm³/mol. The molecule has 1 aliphatic rings. The molecule has 7 heteroatoms. The molecule has 2 heterocycles. The van der Waals surface area contributed by atoms with Crippen LogP contribution in [0.15, 0.2) is 54.6 Å². The molecule has 4 rings (SSSR count). The highest BCUT2D eigenvalue weighted by atomic mass is 35.5. The van der Waals surface area contributed by atoms with Gasteiger partial charge in [0.1, 0.15) is 11.7 Å². The van der Waals surface area contributed by atoms with Crippen LogP contribution in [0.25, 0.3) is 10.9 Å². The first kappa shape index (κ1) is 19.3. The highest BCUT2D eigenvalue weighted by Gasteiger charge is 2.26. The second-order valence-corrected chi connectivity index (χ2v) is 7.69. The molecular formula is C22H23ClN4O2. The Morgan fingerprint density at radius 1 is 1.03 bits per heavy atom. The Kier molecular flexibility index (Phi) is 5.45. The van der Waals surface area contributed by atoms with Crippen molar-refractivity contribution >= 4 is 40.0 Å². The molecule has 2 amide bonds. The summed E-state index contributed by atoms with van der Waals surface area (Å²) in [7, 11) is 0. The molecule has 2 N–H and O–H groups in total. The van der Waals surface area contributed by atoms with Crippen molar-refractivity contribution in [2.45, 2.75) is 13.0 Å². The summed E-state index contributed by atoms with van der Waals surface area (Å²) in [6.45, 7) is 4.41. The largest absolute Gasteiger partial charge is 0.368 e. The van der Waals surface area contributed by atoms with E-state index < -0.39 is 6.04 Å². The van der Waals surface area contributed by atoms with E-state index in [0.29, 0.717) is 23.8 Å². The molecule has 29 heavy (non-hydrogen) atoms. The van der Waals surface area contributed by atoms with Crippen molar-refractivity contribution in [1.82, 2.24) is 15.2 Å². The molecule has 0 spiro atoms. The van der Waals surface area contributed by atoms with Crippen molar-refractivity contribution in [2.75, 3.05) is 31.1 Å². The van der Waals surface area contributed by atoms with Gasteiger partial charge in [-0.1, -0.05) is 35.9 Å². The molecule has 1 aromatic heterocycles. The smallest absolute Gasteiger partial charge is 0.268 e. The summed E-state index contributed by atoms with van der Waals surface area (Å²) in [5.41, 5.74) is 2.41. The molecule has 2 aromatic carbocycles. The van der Waals surface area contributed by atoms with E-state index in [4.69, 9.17) is 11.6 Å². The van der Waals surface area contributed by atoms with Crippen LogP contribution in [-0.4, -0.2) is 53.9 Å². The maximum absolute atomic E-state index is 12.8. The van der Waals surface area contributed by atoms with Crippen molar-refractivity contribution in [3.63, 3.8) is 0 Å². The van der Waals surface area contributed by atoms with E-state index in [2.05, 4.69) is 15.2 Å². The molecule has 6 nitrogen and oxygen atoms in total. The monoisotopic (exact) mass is 410 g/mol. The third kappa shape index (κ3) is 4.22. The van der Waals surface area contributed by atoms with Crippen LogP contribution < -0.4 is 10.2 Å². The van der Waals surface area contributed by atoms with Gasteiger partial charge in [-0.3, -0.25) is 9.59 Å². The molecule has 0 bridgehead atoms. The number of carbonyl (C=O) groups is 2. The van der Waals surface area contributed by atoms with E-state index in [0.717, 1.165) is 29.7 Å². The first-order chi connectivity index (χ1) is 14.0. The predicted octanol–water partition coefficient (Wildman–Crippen LogP) is 3.29. The number of anilines is 1. The van der Waals surface area contributed by atoms with E-state index in [9.17, 15) is 9.59 Å². The van der Waals surface area contributed by atoms with Gasteiger partial charge >= 0.3 is 0 Å². The number of rotatable bonds is 4. The minimum absolute atomic E-state index is 0.0693. The molecule has 1 aliphatic heterocycles. The first-order valence-electron chi connectivity index (χ1n) is 9.69. The Balaban J connectivity index is 1.34. The third-order valence-corrected chi connectivity index (χ3v) is 5.49. The zero-order valence-electron chi connectivity index (χ0n) is 16.2. The second kappa shape index (κ2) is 8.17. The van der Waals surface area contributed by atoms with Crippen LogP contribution in [-0.2, 0) is 4.79 Å². The third-order valence-electron chi connectivity index (χ3n) is 5.26. The quantitative estimate of drug-likeness (QED) is 0.693. The molecule has 0 radical (unpaired) electrons. The van der Waals surface area contributed by atoms with Crippen molar-refractivity contribution < 1.29 is 9.59 Å². The summed E-state index contributed by atoms with van der Waals surface area (Å²) >= 11 is 6.08. The summed E-state index contributed by atoms with van der Waals surface area (Å²) in [5.74, 6) is -0.347. The fourth-order valence-corrected chi connectivity index (χ4v) is 3.85. The van der Waals surface area contributed by atoms with Gasteiger partial charge in [0, 0.05) is 47.8 Å². The molecule has 3 aromatic rings. The highest BCUT2D eigenvalue weighted by Crippen LogP contribution is 2.21. The Hall–Kier alpha value is -2.99. The van der Waals surface area contributed by atoms with Crippen molar-refractivity contribution in [3.8, 4) is 0 Å². The fourth-order valence-electron chi connectivity index (χ4n) is 3.66. The lowest BCUT2D eigenvalue weighted by atomic mass is 10.2. The van der Waals surface area contributed by atoms with Crippen LogP contribution in [0.4, 0.5) is 5.69 Å². The summed E-state index contributed by atoms with van der Waals surface area (Å²) < 4.78 is 0. The first-order valence-corrected chi connectivity index (χ1v) is 10.1. The number of piperazine rings is 1. The fraction of sp³-hybridized carbons (Fsp3) is 0.273. The number of benzene rings is 2. The minimum atomic E-state index is -0.591. The average Bonchev–Trinajstić information content (AvgIpc) is 3.18. The Morgan fingerprint density at radius 3 is 2.52 bits per heavy atom. The van der Waals surface area contributed by atoms with Gasteiger partial charge in [-0.15, -0.1) is 0 Å². The number of para-hydroxylation sites is 1.